The summed E-state index contributed by atoms with van der Waals surface area (Å²) >= 11 is 0. The molecular weight excluding hydrogens is 739 g/mol. The van der Waals surface area contributed by atoms with Gasteiger partial charge in [0.25, 0.3) is 0 Å². The van der Waals surface area contributed by atoms with Crippen molar-refractivity contribution in [3.8, 4) is 44.5 Å². The second kappa shape index (κ2) is 13.7. The van der Waals surface area contributed by atoms with Gasteiger partial charge in [-0.25, -0.2) is 0 Å². The summed E-state index contributed by atoms with van der Waals surface area (Å²) in [6, 6.07) is 77.3. The van der Waals surface area contributed by atoms with E-state index >= 15 is 0 Å². The lowest BCUT2D eigenvalue weighted by molar-refractivity contribution is 0.660. The summed E-state index contributed by atoms with van der Waals surface area (Å²) in [5.41, 5.74) is 17.5. The smallest absolute Gasteiger partial charge is 0.143 e. The Balaban J connectivity index is 0.986. The average molecular weight is 780 g/mol. The number of benzene rings is 10. The highest BCUT2D eigenvalue weighted by molar-refractivity contribution is 6.12. The van der Waals surface area contributed by atoms with Gasteiger partial charge in [-0.1, -0.05) is 184 Å². The van der Waals surface area contributed by atoms with Crippen molar-refractivity contribution in [2.45, 2.75) is 19.3 Å². The summed E-state index contributed by atoms with van der Waals surface area (Å²) in [5.74, 6) is 0. The molecule has 1 heterocycles. The molecule has 10 aromatic carbocycles. The summed E-state index contributed by atoms with van der Waals surface area (Å²) in [4.78, 5) is 2.38. The number of rotatable bonds is 6. The molecule has 0 fully saturated rings. The summed E-state index contributed by atoms with van der Waals surface area (Å²) in [7, 11) is 0. The standard InChI is InChI=1S/C59H41NO/c1-59(2)54-24-7-5-18-53(54)57-47(20-12-25-55(57)59)40-29-34-43(35-30-40)60(44-15-9-14-41(37-44)48-21-11-23-52-51-17-6-8-26-56(51)61-58(48)52)42-32-27-39(28-33-42)46-19-10-22-49-45-16-4-3-13-38(45)31-36-50(46)49/h3-37H,1-2H3. The van der Waals surface area contributed by atoms with Crippen LogP contribution in [0.4, 0.5) is 17.1 Å². The molecule has 11 aromatic rings. The molecule has 0 saturated carbocycles. The Morgan fingerprint density at radius 1 is 0.361 bits per heavy atom. The van der Waals surface area contributed by atoms with Crippen molar-refractivity contribution in [1.29, 1.82) is 0 Å². The predicted molar refractivity (Wildman–Crippen MR) is 257 cm³/mol. The van der Waals surface area contributed by atoms with Crippen LogP contribution in [0.5, 0.6) is 0 Å². The maximum absolute atomic E-state index is 6.53. The van der Waals surface area contributed by atoms with E-state index in [1.54, 1.807) is 0 Å². The van der Waals surface area contributed by atoms with E-state index in [1.165, 1.54) is 66.1 Å². The van der Waals surface area contributed by atoms with Gasteiger partial charge in [-0.3, -0.25) is 0 Å². The Morgan fingerprint density at radius 3 is 1.77 bits per heavy atom. The van der Waals surface area contributed by atoms with E-state index in [4.69, 9.17) is 4.42 Å². The highest BCUT2D eigenvalue weighted by Crippen LogP contribution is 2.52. The first-order valence-corrected chi connectivity index (χ1v) is 21.2. The molecule has 288 valence electrons. The molecule has 0 bridgehead atoms. The first-order valence-electron chi connectivity index (χ1n) is 21.2. The molecule has 0 saturated heterocycles. The predicted octanol–water partition coefficient (Wildman–Crippen LogP) is 16.7. The van der Waals surface area contributed by atoms with E-state index in [2.05, 4.69) is 219 Å². The number of hydrogen-bond acceptors (Lipinski definition) is 2. The number of nitrogens with zero attached hydrogens (tertiary/aromatic N) is 1. The summed E-state index contributed by atoms with van der Waals surface area (Å²) in [6.07, 6.45) is 0. The highest BCUT2D eigenvalue weighted by Gasteiger charge is 2.36. The maximum atomic E-state index is 6.53. The molecule has 0 amide bonds. The van der Waals surface area contributed by atoms with Crippen molar-refractivity contribution in [1.82, 2.24) is 0 Å². The molecule has 0 N–H and O–H groups in total. The van der Waals surface area contributed by atoms with Crippen molar-refractivity contribution in [3.63, 3.8) is 0 Å². The molecule has 0 unspecified atom stereocenters. The third kappa shape index (κ3) is 5.56. The lowest BCUT2D eigenvalue weighted by Gasteiger charge is -2.27. The maximum Gasteiger partial charge on any atom is 0.143 e. The van der Waals surface area contributed by atoms with E-state index < -0.39 is 0 Å². The van der Waals surface area contributed by atoms with Gasteiger partial charge in [-0.15, -0.1) is 0 Å². The number of anilines is 3. The van der Waals surface area contributed by atoms with E-state index in [0.29, 0.717) is 0 Å². The van der Waals surface area contributed by atoms with E-state index in [0.717, 1.165) is 50.1 Å². The van der Waals surface area contributed by atoms with Crippen molar-refractivity contribution < 1.29 is 4.42 Å². The first kappa shape index (κ1) is 35.3. The summed E-state index contributed by atoms with van der Waals surface area (Å²) in [5, 5.41) is 7.32. The Kier molecular flexibility index (Phi) is 7.92. The van der Waals surface area contributed by atoms with Crippen molar-refractivity contribution >= 4 is 60.5 Å². The van der Waals surface area contributed by atoms with Crippen LogP contribution in [-0.4, -0.2) is 0 Å². The Hall–Kier alpha value is -7.68. The number of hydrogen-bond donors (Lipinski definition) is 0. The van der Waals surface area contributed by atoms with Gasteiger partial charge in [0, 0.05) is 38.8 Å². The number of para-hydroxylation sites is 2. The Labute approximate surface area is 355 Å². The second-order valence-corrected chi connectivity index (χ2v) is 16.8. The van der Waals surface area contributed by atoms with Crippen LogP contribution in [0, 0.1) is 0 Å². The van der Waals surface area contributed by atoms with Crippen LogP contribution in [0.3, 0.4) is 0 Å². The second-order valence-electron chi connectivity index (χ2n) is 16.8. The Bertz CT molecular complexity index is 3500. The number of furan rings is 1. The Morgan fingerprint density at radius 2 is 0.951 bits per heavy atom. The molecule has 2 heteroatoms. The SMILES string of the molecule is CC1(C)c2ccccc2-c2c(-c3ccc(N(c4ccc(-c5cccc6c5ccc5ccccc56)cc4)c4cccc(-c5cccc6c5oc5ccccc56)c4)cc3)cccc21. The van der Waals surface area contributed by atoms with Crippen LogP contribution in [0.2, 0.25) is 0 Å². The normalized spacial score (nSPS) is 12.9. The monoisotopic (exact) mass is 779 g/mol. The van der Waals surface area contributed by atoms with Gasteiger partial charge in [0.2, 0.25) is 0 Å². The average Bonchev–Trinajstić information content (AvgIpc) is 3.81. The van der Waals surface area contributed by atoms with Crippen LogP contribution < -0.4 is 4.90 Å². The zero-order valence-corrected chi connectivity index (χ0v) is 34.1. The molecule has 1 aliphatic carbocycles. The minimum absolute atomic E-state index is 0.0532. The molecule has 1 aromatic heterocycles. The first-order chi connectivity index (χ1) is 30.0. The quantitative estimate of drug-likeness (QED) is 0.156. The van der Waals surface area contributed by atoms with Crippen molar-refractivity contribution in [3.05, 3.63) is 223 Å². The molecule has 0 radical (unpaired) electrons. The van der Waals surface area contributed by atoms with E-state index in [9.17, 15) is 0 Å². The fraction of sp³-hybridized carbons (Fsp3) is 0.0508. The molecule has 2 nitrogen and oxygen atoms in total. The van der Waals surface area contributed by atoms with Crippen molar-refractivity contribution in [2.24, 2.45) is 0 Å². The highest BCUT2D eigenvalue weighted by atomic mass is 16.3. The minimum atomic E-state index is -0.0532. The van der Waals surface area contributed by atoms with Crippen LogP contribution >= 0.6 is 0 Å². The van der Waals surface area contributed by atoms with E-state index in [1.807, 2.05) is 12.1 Å². The summed E-state index contributed by atoms with van der Waals surface area (Å²) in [6.45, 7) is 4.69. The third-order valence-electron chi connectivity index (χ3n) is 13.1. The van der Waals surface area contributed by atoms with Gasteiger partial charge in [-0.05, 0) is 114 Å². The summed E-state index contributed by atoms with van der Waals surface area (Å²) < 4.78 is 6.53. The lowest BCUT2D eigenvalue weighted by atomic mass is 9.82. The third-order valence-corrected chi connectivity index (χ3v) is 13.1. The number of fused-ring (bicyclic) bond motifs is 9. The van der Waals surface area contributed by atoms with Gasteiger partial charge in [0.15, 0.2) is 0 Å². The fourth-order valence-electron chi connectivity index (χ4n) is 10.1. The zero-order chi connectivity index (χ0) is 40.7. The molecular formula is C59H41NO. The lowest BCUT2D eigenvalue weighted by Crippen LogP contribution is -2.14. The van der Waals surface area contributed by atoms with E-state index in [-0.39, 0.29) is 5.41 Å². The van der Waals surface area contributed by atoms with Crippen LogP contribution in [-0.2, 0) is 5.41 Å². The molecule has 0 aliphatic heterocycles. The van der Waals surface area contributed by atoms with Gasteiger partial charge in [0.05, 0.1) is 0 Å². The molecule has 0 atom stereocenters. The fourth-order valence-corrected chi connectivity index (χ4v) is 10.1. The topological polar surface area (TPSA) is 16.4 Å². The largest absolute Gasteiger partial charge is 0.455 e. The minimum Gasteiger partial charge on any atom is -0.455 e. The molecule has 12 rings (SSSR count). The van der Waals surface area contributed by atoms with Gasteiger partial charge in [0.1, 0.15) is 11.2 Å². The van der Waals surface area contributed by atoms with Gasteiger partial charge >= 0.3 is 0 Å². The van der Waals surface area contributed by atoms with Crippen molar-refractivity contribution in [2.75, 3.05) is 4.90 Å². The van der Waals surface area contributed by atoms with Gasteiger partial charge in [-0.2, -0.15) is 0 Å². The van der Waals surface area contributed by atoms with Gasteiger partial charge < -0.3 is 9.32 Å². The van der Waals surface area contributed by atoms with Crippen LogP contribution in [0.15, 0.2) is 217 Å². The zero-order valence-electron chi connectivity index (χ0n) is 34.1. The van der Waals surface area contributed by atoms with Crippen LogP contribution in [0.25, 0.3) is 88.0 Å². The molecule has 61 heavy (non-hydrogen) atoms. The molecule has 1 aliphatic rings. The van der Waals surface area contributed by atoms with Crippen LogP contribution in [0.1, 0.15) is 25.0 Å². The molecule has 0 spiro atoms.